The molecule has 1 amide bonds. The number of rotatable bonds is 4. The Morgan fingerprint density at radius 3 is 1.67 bits per heavy atom. The normalized spacial score (nSPS) is 26.7. The zero-order valence-electron chi connectivity index (χ0n) is 22.9. The van der Waals surface area contributed by atoms with Gasteiger partial charge >= 0.3 is 6.09 Å². The number of piperazine rings is 2. The van der Waals surface area contributed by atoms with Gasteiger partial charge in [0.1, 0.15) is 5.60 Å². The lowest BCUT2D eigenvalue weighted by molar-refractivity contribution is -0.000155. The Labute approximate surface area is 240 Å². The molecule has 2 aromatic rings. The van der Waals surface area contributed by atoms with Crippen LogP contribution in [0.2, 0.25) is 10.6 Å². The Bertz CT molecular complexity index is 1080. The van der Waals surface area contributed by atoms with Crippen LogP contribution in [-0.4, -0.2) is 96.7 Å². The van der Waals surface area contributed by atoms with Gasteiger partial charge in [0.15, 0.2) is 0 Å². The van der Waals surface area contributed by atoms with E-state index in [1.165, 1.54) is 12.8 Å². The molecule has 4 atom stereocenters. The average Bonchev–Trinajstić information content (AvgIpc) is 3.23. The van der Waals surface area contributed by atoms with E-state index in [1.54, 1.807) is 12.4 Å². The number of nitrogens with zero attached hydrogens (tertiary/aromatic N) is 7. The Morgan fingerprint density at radius 1 is 0.821 bits per heavy atom. The summed E-state index contributed by atoms with van der Waals surface area (Å²) >= 11 is 11.4. The molecular weight excluding hydrogens is 539 g/mol. The molecule has 4 unspecified atom stereocenters. The number of hydrogen-bond donors (Lipinski definition) is 1. The lowest BCUT2D eigenvalue weighted by Crippen LogP contribution is -2.55. The predicted molar refractivity (Wildman–Crippen MR) is 149 cm³/mol. The molecule has 0 aromatic carbocycles. The fourth-order valence-electron chi connectivity index (χ4n) is 6.11. The SMILES string of the molecule is CC(C)(C)OC(=O)N1CC2CCC(C1)N2Cc1cnc(Cl)nc1.Clc1ncc(CN2C3CCC2CNC3)cn1. The molecular formula is C27H38Cl2N8O2. The van der Waals surface area contributed by atoms with Gasteiger partial charge in [0.2, 0.25) is 10.6 Å². The van der Waals surface area contributed by atoms with Gasteiger partial charge in [-0.3, -0.25) is 9.80 Å². The number of carbonyl (C=O) groups excluding carboxylic acids is 1. The van der Waals surface area contributed by atoms with Crippen molar-refractivity contribution in [1.29, 1.82) is 0 Å². The Morgan fingerprint density at radius 2 is 1.23 bits per heavy atom. The quantitative estimate of drug-likeness (QED) is 0.545. The van der Waals surface area contributed by atoms with E-state index in [-0.39, 0.29) is 11.4 Å². The van der Waals surface area contributed by atoms with Crippen LogP contribution in [0.15, 0.2) is 24.8 Å². The highest BCUT2D eigenvalue weighted by Crippen LogP contribution is 2.32. The molecule has 4 fully saturated rings. The highest BCUT2D eigenvalue weighted by molar-refractivity contribution is 6.28. The summed E-state index contributed by atoms with van der Waals surface area (Å²) in [6, 6.07) is 2.12. The number of likely N-dealkylation sites (tertiary alicyclic amines) is 1. The minimum atomic E-state index is -0.450. The molecule has 12 heteroatoms. The second-order valence-electron chi connectivity index (χ2n) is 11.9. The van der Waals surface area contributed by atoms with Crippen molar-refractivity contribution < 1.29 is 9.53 Å². The van der Waals surface area contributed by atoms with Crippen molar-refractivity contribution in [2.24, 2.45) is 0 Å². The van der Waals surface area contributed by atoms with E-state index < -0.39 is 5.60 Å². The van der Waals surface area contributed by atoms with E-state index >= 15 is 0 Å². The topological polar surface area (TPSA) is 99.6 Å². The number of amides is 1. The molecule has 4 saturated heterocycles. The van der Waals surface area contributed by atoms with E-state index in [9.17, 15) is 4.79 Å². The third-order valence-corrected chi connectivity index (χ3v) is 8.28. The first-order valence-corrected chi connectivity index (χ1v) is 14.5. The van der Waals surface area contributed by atoms with Gasteiger partial charge in [-0.25, -0.2) is 24.7 Å². The van der Waals surface area contributed by atoms with E-state index in [1.807, 2.05) is 38.1 Å². The molecule has 2 aromatic heterocycles. The van der Waals surface area contributed by atoms with E-state index in [0.29, 0.717) is 29.5 Å². The van der Waals surface area contributed by atoms with Crippen molar-refractivity contribution in [3.05, 3.63) is 46.5 Å². The summed E-state index contributed by atoms with van der Waals surface area (Å²) < 4.78 is 5.50. The average molecular weight is 578 g/mol. The van der Waals surface area contributed by atoms with Gasteiger partial charge in [0.05, 0.1) is 0 Å². The largest absolute Gasteiger partial charge is 0.444 e. The van der Waals surface area contributed by atoms with Gasteiger partial charge in [0.25, 0.3) is 0 Å². The molecule has 4 aliphatic heterocycles. The summed E-state index contributed by atoms with van der Waals surface area (Å²) in [5.74, 6) is 0. The van der Waals surface area contributed by atoms with Crippen molar-refractivity contribution in [2.75, 3.05) is 26.2 Å². The van der Waals surface area contributed by atoms with E-state index in [0.717, 1.165) is 63.2 Å². The standard InChI is InChI=1S/C16H23ClN4O2.C11H15ClN4/c1-16(2,3)23-15(22)20-9-12-4-5-13(10-20)21(12)8-11-6-18-14(17)19-7-11;12-11-14-3-8(4-15-11)7-16-9-1-2-10(16)6-13-5-9/h6-7,12-13H,4-5,8-10H2,1-3H3;3-4,9-10,13H,1-2,5-7H2. The van der Waals surface area contributed by atoms with Crippen molar-refractivity contribution >= 4 is 29.3 Å². The zero-order chi connectivity index (χ0) is 27.6. The maximum absolute atomic E-state index is 12.3. The molecule has 0 saturated carbocycles. The summed E-state index contributed by atoms with van der Waals surface area (Å²) in [6.07, 6.45) is 11.8. The van der Waals surface area contributed by atoms with Crippen LogP contribution in [0, 0.1) is 0 Å². The van der Waals surface area contributed by atoms with Gasteiger partial charge in [-0.2, -0.15) is 0 Å². The van der Waals surface area contributed by atoms with Crippen molar-refractivity contribution in [2.45, 2.75) is 89.3 Å². The second kappa shape index (κ2) is 12.2. The first kappa shape index (κ1) is 28.4. The number of aromatic nitrogens is 4. The molecule has 6 heterocycles. The van der Waals surface area contributed by atoms with Gasteiger partial charge < -0.3 is 15.0 Å². The van der Waals surface area contributed by atoms with Crippen LogP contribution in [0.3, 0.4) is 0 Å². The summed E-state index contributed by atoms with van der Waals surface area (Å²) in [6.45, 7) is 11.1. The molecule has 6 rings (SSSR count). The zero-order valence-corrected chi connectivity index (χ0v) is 24.4. The number of carbonyl (C=O) groups is 1. The van der Waals surface area contributed by atoms with Gasteiger partial charge in [-0.15, -0.1) is 0 Å². The first-order chi connectivity index (χ1) is 18.6. The fraction of sp³-hybridized carbons (Fsp3) is 0.667. The predicted octanol–water partition coefficient (Wildman–Crippen LogP) is 3.78. The lowest BCUT2D eigenvalue weighted by atomic mass is 10.1. The third kappa shape index (κ3) is 7.35. The van der Waals surface area contributed by atoms with Crippen molar-refractivity contribution in [3.8, 4) is 0 Å². The van der Waals surface area contributed by atoms with Crippen LogP contribution >= 0.6 is 23.2 Å². The second-order valence-corrected chi connectivity index (χ2v) is 12.6. The van der Waals surface area contributed by atoms with Gasteiger partial charge in [0, 0.05) is 99.4 Å². The summed E-state index contributed by atoms with van der Waals surface area (Å²) in [7, 11) is 0. The highest BCUT2D eigenvalue weighted by Gasteiger charge is 2.42. The van der Waals surface area contributed by atoms with Crippen LogP contribution in [0.4, 0.5) is 4.79 Å². The van der Waals surface area contributed by atoms with E-state index in [2.05, 4.69) is 35.1 Å². The minimum Gasteiger partial charge on any atom is -0.444 e. The Hall–Kier alpha value is -2.11. The molecule has 0 radical (unpaired) electrons. The number of hydrogen-bond acceptors (Lipinski definition) is 9. The monoisotopic (exact) mass is 576 g/mol. The van der Waals surface area contributed by atoms with Crippen molar-refractivity contribution in [1.82, 2.24) is 40.0 Å². The molecule has 4 aliphatic rings. The summed E-state index contributed by atoms with van der Waals surface area (Å²) in [5.41, 5.74) is 1.76. The fourth-order valence-corrected chi connectivity index (χ4v) is 6.31. The van der Waals surface area contributed by atoms with Crippen LogP contribution in [0.25, 0.3) is 0 Å². The summed E-state index contributed by atoms with van der Waals surface area (Å²) in [5, 5.41) is 4.07. The molecule has 0 aliphatic carbocycles. The van der Waals surface area contributed by atoms with Crippen LogP contribution in [0.5, 0.6) is 0 Å². The third-order valence-electron chi connectivity index (χ3n) is 7.89. The number of halogens is 2. The van der Waals surface area contributed by atoms with E-state index in [4.69, 9.17) is 27.9 Å². The maximum Gasteiger partial charge on any atom is 0.410 e. The number of ether oxygens (including phenoxy) is 1. The van der Waals surface area contributed by atoms with Gasteiger partial charge in [-0.1, -0.05) is 0 Å². The summed E-state index contributed by atoms with van der Waals surface area (Å²) in [4.78, 5) is 35.3. The molecule has 39 heavy (non-hydrogen) atoms. The number of fused-ring (bicyclic) bond motifs is 4. The molecule has 212 valence electrons. The van der Waals surface area contributed by atoms with Crippen molar-refractivity contribution in [3.63, 3.8) is 0 Å². The molecule has 10 nitrogen and oxygen atoms in total. The minimum absolute atomic E-state index is 0.205. The molecule has 4 bridgehead atoms. The Kier molecular flexibility index (Phi) is 8.88. The first-order valence-electron chi connectivity index (χ1n) is 13.8. The van der Waals surface area contributed by atoms with Crippen LogP contribution in [0.1, 0.15) is 57.6 Å². The molecule has 0 spiro atoms. The Balaban J connectivity index is 0.000000168. The lowest BCUT2D eigenvalue weighted by Gasteiger charge is -2.41. The molecule has 1 N–H and O–H groups in total. The van der Waals surface area contributed by atoms with Crippen LogP contribution in [-0.2, 0) is 17.8 Å². The smallest absolute Gasteiger partial charge is 0.410 e. The van der Waals surface area contributed by atoms with Gasteiger partial charge in [-0.05, 0) is 69.7 Å². The highest BCUT2D eigenvalue weighted by atomic mass is 35.5. The number of nitrogens with one attached hydrogen (secondary N) is 1. The maximum atomic E-state index is 12.3. The van der Waals surface area contributed by atoms with Crippen LogP contribution < -0.4 is 5.32 Å².